The molecule has 2 aromatic rings. The van der Waals surface area contributed by atoms with Gasteiger partial charge < -0.3 is 9.64 Å². The number of nitrogens with zero attached hydrogens (tertiary/aromatic N) is 3. The zero-order chi connectivity index (χ0) is 24.0. The van der Waals surface area contributed by atoms with E-state index >= 15 is 0 Å². The topological polar surface area (TPSA) is 45.7 Å². The number of carbonyl (C=O) groups excluding carboxylic acids is 1. The molecule has 0 saturated carbocycles. The molecule has 7 heteroatoms. The number of anilines is 1. The number of fused-ring (bicyclic) bond motifs is 1. The van der Waals surface area contributed by atoms with Gasteiger partial charge in [-0.3, -0.25) is 14.7 Å². The van der Waals surface area contributed by atoms with Crippen molar-refractivity contribution in [1.82, 2.24) is 9.88 Å². The van der Waals surface area contributed by atoms with Crippen LogP contribution in [0.4, 0.5) is 5.69 Å². The number of halogens is 1. The third-order valence-corrected chi connectivity index (χ3v) is 8.80. The van der Waals surface area contributed by atoms with Gasteiger partial charge in [0.1, 0.15) is 11.4 Å². The lowest BCUT2D eigenvalue weighted by Crippen LogP contribution is -2.60. The first-order valence-electron chi connectivity index (χ1n) is 11.7. The Morgan fingerprint density at radius 2 is 1.88 bits per heavy atom. The van der Waals surface area contributed by atoms with Crippen molar-refractivity contribution < 1.29 is 9.53 Å². The third-order valence-electron chi connectivity index (χ3n) is 7.48. The fourth-order valence-electron chi connectivity index (χ4n) is 4.75. The van der Waals surface area contributed by atoms with Gasteiger partial charge in [-0.2, -0.15) is 0 Å². The fourth-order valence-corrected chi connectivity index (χ4v) is 5.84. The van der Waals surface area contributed by atoms with E-state index in [4.69, 9.17) is 16.3 Å². The molecule has 3 heterocycles. The summed E-state index contributed by atoms with van der Waals surface area (Å²) in [4.78, 5) is 21.7. The first kappa shape index (κ1) is 24.4. The molecule has 0 N–H and O–H groups in total. The molecule has 0 bridgehead atoms. The van der Waals surface area contributed by atoms with Crippen LogP contribution in [0.25, 0.3) is 10.9 Å². The van der Waals surface area contributed by atoms with Crippen LogP contribution >= 0.6 is 23.4 Å². The van der Waals surface area contributed by atoms with Gasteiger partial charge in [-0.15, -0.1) is 0 Å². The summed E-state index contributed by atoms with van der Waals surface area (Å²) < 4.78 is 6.59. The second-order valence-corrected chi connectivity index (χ2v) is 11.8. The summed E-state index contributed by atoms with van der Waals surface area (Å²) in [5.74, 6) is 0.835. The minimum Gasteiger partial charge on any atom is -0.489 e. The SMILES string of the molecule is CC1=C(OC(C)(C)C(C)(C)N2CCCN(c3ccnc4cc(Cl)ccc34)CC2)C(C)SC1=O. The predicted octanol–water partition coefficient (Wildman–Crippen LogP) is 5.91. The average molecular weight is 488 g/mol. The number of benzene rings is 1. The molecule has 0 aliphatic carbocycles. The van der Waals surface area contributed by atoms with Crippen molar-refractivity contribution in [2.75, 3.05) is 31.1 Å². The highest BCUT2D eigenvalue weighted by atomic mass is 35.5. The molecule has 1 atom stereocenters. The molecular formula is C26H34ClN3O2S. The van der Waals surface area contributed by atoms with Crippen molar-refractivity contribution in [3.05, 3.63) is 46.8 Å². The molecule has 1 fully saturated rings. The van der Waals surface area contributed by atoms with Crippen LogP contribution in [-0.2, 0) is 9.53 Å². The summed E-state index contributed by atoms with van der Waals surface area (Å²) in [6.45, 7) is 16.6. The van der Waals surface area contributed by atoms with Crippen LogP contribution < -0.4 is 4.90 Å². The largest absolute Gasteiger partial charge is 0.489 e. The molecule has 1 unspecified atom stereocenters. The Balaban J connectivity index is 1.53. The number of ether oxygens (including phenoxy) is 1. The first-order valence-corrected chi connectivity index (χ1v) is 12.9. The van der Waals surface area contributed by atoms with Crippen LogP contribution in [0.3, 0.4) is 0 Å². The van der Waals surface area contributed by atoms with Gasteiger partial charge >= 0.3 is 0 Å². The molecule has 5 nitrogen and oxygen atoms in total. The van der Waals surface area contributed by atoms with E-state index in [1.54, 1.807) is 0 Å². The van der Waals surface area contributed by atoms with Crippen LogP contribution in [-0.4, -0.2) is 57.6 Å². The standard InChI is InChI=1S/C26H34ClN3O2S/c1-17-23(18(2)33-24(17)31)32-26(5,6)25(3,4)30-13-7-12-29(14-15-30)22-10-11-28-21-16-19(27)8-9-20(21)22/h8-11,16,18H,7,12-15H2,1-6H3. The van der Waals surface area contributed by atoms with E-state index in [1.807, 2.05) is 32.2 Å². The summed E-state index contributed by atoms with van der Waals surface area (Å²) in [6.07, 6.45) is 2.93. The van der Waals surface area contributed by atoms with Crippen molar-refractivity contribution in [1.29, 1.82) is 0 Å². The van der Waals surface area contributed by atoms with E-state index in [1.165, 1.54) is 17.4 Å². The highest BCUT2D eigenvalue weighted by Crippen LogP contribution is 2.41. The number of hydrogen-bond acceptors (Lipinski definition) is 6. The molecule has 2 aliphatic rings. The summed E-state index contributed by atoms with van der Waals surface area (Å²) in [5, 5.41) is 2.04. The van der Waals surface area contributed by atoms with Gasteiger partial charge in [0, 0.05) is 54.0 Å². The summed E-state index contributed by atoms with van der Waals surface area (Å²) in [6, 6.07) is 8.04. The van der Waals surface area contributed by atoms with Crippen LogP contribution in [0.5, 0.6) is 0 Å². The van der Waals surface area contributed by atoms with Crippen molar-refractivity contribution in [2.24, 2.45) is 0 Å². The van der Waals surface area contributed by atoms with Crippen molar-refractivity contribution in [3.8, 4) is 0 Å². The average Bonchev–Trinajstić information content (AvgIpc) is 2.94. The number of aromatic nitrogens is 1. The van der Waals surface area contributed by atoms with Crippen molar-refractivity contribution in [2.45, 2.75) is 64.4 Å². The number of pyridine rings is 1. The van der Waals surface area contributed by atoms with Gasteiger partial charge in [0.2, 0.25) is 5.12 Å². The molecule has 1 aromatic carbocycles. The normalized spacial score (nSPS) is 21.1. The van der Waals surface area contributed by atoms with E-state index in [9.17, 15) is 4.79 Å². The Morgan fingerprint density at radius 3 is 2.58 bits per heavy atom. The van der Waals surface area contributed by atoms with E-state index < -0.39 is 5.60 Å². The second kappa shape index (κ2) is 9.12. The van der Waals surface area contributed by atoms with E-state index in [0.717, 1.165) is 54.8 Å². The van der Waals surface area contributed by atoms with E-state index in [2.05, 4.69) is 54.6 Å². The van der Waals surface area contributed by atoms with Gasteiger partial charge in [-0.05, 0) is 72.2 Å². The summed E-state index contributed by atoms with van der Waals surface area (Å²) in [7, 11) is 0. The lowest BCUT2D eigenvalue weighted by Gasteiger charge is -2.49. The molecule has 33 heavy (non-hydrogen) atoms. The molecule has 1 saturated heterocycles. The van der Waals surface area contributed by atoms with Gasteiger partial charge in [-0.25, -0.2) is 0 Å². The monoisotopic (exact) mass is 487 g/mol. The Labute approximate surface area is 206 Å². The summed E-state index contributed by atoms with van der Waals surface area (Å²) >= 11 is 7.54. The Morgan fingerprint density at radius 1 is 1.12 bits per heavy atom. The first-order chi connectivity index (χ1) is 15.5. The van der Waals surface area contributed by atoms with Crippen molar-refractivity contribution >= 4 is 45.1 Å². The second-order valence-electron chi connectivity index (χ2n) is 10.0. The van der Waals surface area contributed by atoms with Gasteiger partial charge in [0.05, 0.1) is 16.3 Å². The van der Waals surface area contributed by atoms with Gasteiger partial charge in [-0.1, -0.05) is 23.4 Å². The zero-order valence-electron chi connectivity index (χ0n) is 20.4. The minimum absolute atomic E-state index is 0.0701. The third kappa shape index (κ3) is 4.62. The Bertz CT molecular complexity index is 1100. The Hall–Kier alpha value is -1.76. The minimum atomic E-state index is -0.460. The molecule has 1 aromatic heterocycles. The maximum atomic E-state index is 12.2. The smallest absolute Gasteiger partial charge is 0.219 e. The van der Waals surface area contributed by atoms with Crippen LogP contribution in [0, 0.1) is 0 Å². The molecule has 0 radical (unpaired) electrons. The Kier molecular flexibility index (Phi) is 6.74. The maximum Gasteiger partial charge on any atom is 0.219 e. The number of hydrogen-bond donors (Lipinski definition) is 0. The molecular weight excluding hydrogens is 454 g/mol. The quantitative estimate of drug-likeness (QED) is 0.522. The molecule has 0 spiro atoms. The van der Waals surface area contributed by atoms with Crippen LogP contribution in [0.15, 0.2) is 41.8 Å². The fraction of sp³-hybridized carbons (Fsp3) is 0.538. The predicted molar refractivity (Wildman–Crippen MR) is 139 cm³/mol. The highest BCUT2D eigenvalue weighted by molar-refractivity contribution is 8.15. The van der Waals surface area contributed by atoms with Crippen molar-refractivity contribution in [3.63, 3.8) is 0 Å². The number of thioether (sulfide) groups is 1. The van der Waals surface area contributed by atoms with Gasteiger partial charge in [0.15, 0.2) is 0 Å². The molecule has 2 aliphatic heterocycles. The molecule has 4 rings (SSSR count). The van der Waals surface area contributed by atoms with E-state index in [0.29, 0.717) is 5.02 Å². The van der Waals surface area contributed by atoms with E-state index in [-0.39, 0.29) is 15.9 Å². The van der Waals surface area contributed by atoms with Crippen LogP contribution in [0.2, 0.25) is 5.02 Å². The molecule has 0 amide bonds. The number of carbonyl (C=O) groups is 1. The number of rotatable bonds is 5. The highest BCUT2D eigenvalue weighted by Gasteiger charge is 2.46. The van der Waals surface area contributed by atoms with Crippen LogP contribution in [0.1, 0.15) is 48.0 Å². The zero-order valence-corrected chi connectivity index (χ0v) is 22.0. The maximum absolute atomic E-state index is 12.2. The summed E-state index contributed by atoms with van der Waals surface area (Å²) in [5.41, 5.74) is 2.21. The lowest BCUT2D eigenvalue weighted by molar-refractivity contribution is -0.108. The van der Waals surface area contributed by atoms with Gasteiger partial charge in [0.25, 0.3) is 0 Å². The molecule has 178 valence electrons. The lowest BCUT2D eigenvalue weighted by atomic mass is 9.83.